The van der Waals surface area contributed by atoms with Gasteiger partial charge < -0.3 is 21.2 Å². The van der Waals surface area contributed by atoms with E-state index in [1.165, 1.54) is 4.90 Å². The van der Waals surface area contributed by atoms with Crippen LogP contribution in [0.5, 0.6) is 0 Å². The van der Waals surface area contributed by atoms with Crippen LogP contribution in [0.3, 0.4) is 0 Å². The average molecular weight is 502 g/mol. The van der Waals surface area contributed by atoms with E-state index >= 15 is 0 Å². The van der Waals surface area contributed by atoms with Gasteiger partial charge in [0.2, 0.25) is 0 Å². The van der Waals surface area contributed by atoms with Crippen LogP contribution in [0.15, 0.2) is 40.8 Å². The number of rotatable bonds is 7. The van der Waals surface area contributed by atoms with Gasteiger partial charge >= 0.3 is 0 Å². The molecular weight excluding hydrogens is 478 g/mol. The maximum Gasteiger partial charge on any atom is 0.273 e. The highest BCUT2D eigenvalue weighted by Gasteiger charge is 2.38. The Labute approximate surface area is 205 Å². The molecule has 4 rings (SSSR count). The number of anilines is 2. The van der Waals surface area contributed by atoms with Gasteiger partial charge in [-0.15, -0.1) is 0 Å². The summed E-state index contributed by atoms with van der Waals surface area (Å²) in [7, 11) is 0. The molecule has 1 aliphatic rings. The molecule has 1 saturated carbocycles. The second-order valence-electron chi connectivity index (χ2n) is 8.13. The molecule has 2 heterocycles. The van der Waals surface area contributed by atoms with Crippen LogP contribution in [-0.4, -0.2) is 28.1 Å². The van der Waals surface area contributed by atoms with Gasteiger partial charge in [-0.05, 0) is 67.7 Å². The third kappa shape index (κ3) is 4.78. The Morgan fingerprint density at radius 3 is 2.41 bits per heavy atom. The molecule has 3 aromatic rings. The zero-order valence-electron chi connectivity index (χ0n) is 18.4. The predicted molar refractivity (Wildman–Crippen MR) is 130 cm³/mol. The fourth-order valence-electron chi connectivity index (χ4n) is 4.05. The number of primary amides is 1. The van der Waals surface area contributed by atoms with Crippen molar-refractivity contribution in [1.82, 2.24) is 9.69 Å². The summed E-state index contributed by atoms with van der Waals surface area (Å²) in [6.07, 6.45) is 3.80. The van der Waals surface area contributed by atoms with E-state index in [-0.39, 0.29) is 34.0 Å². The number of nitrogens with one attached hydrogen (secondary N) is 1. The first-order valence-corrected chi connectivity index (χ1v) is 11.9. The van der Waals surface area contributed by atoms with Crippen LogP contribution in [0.2, 0.25) is 5.02 Å². The smallest absolute Gasteiger partial charge is 0.273 e. The van der Waals surface area contributed by atoms with Gasteiger partial charge in [-0.2, -0.15) is 4.37 Å². The van der Waals surface area contributed by atoms with Crippen molar-refractivity contribution in [3.8, 4) is 0 Å². The molecule has 1 aromatic carbocycles. The lowest BCUT2D eigenvalue weighted by atomic mass is 10.1. The van der Waals surface area contributed by atoms with Crippen LogP contribution >= 0.6 is 23.1 Å². The molecule has 0 bridgehead atoms. The van der Waals surface area contributed by atoms with Crippen molar-refractivity contribution in [2.24, 2.45) is 5.73 Å². The number of nitrogens with two attached hydrogens (primary N) is 2. The normalized spacial score (nSPS) is 14.6. The van der Waals surface area contributed by atoms with E-state index in [9.17, 15) is 14.4 Å². The second kappa shape index (κ2) is 9.86. The van der Waals surface area contributed by atoms with Gasteiger partial charge in [0.15, 0.2) is 11.7 Å². The maximum absolute atomic E-state index is 13.9. The van der Waals surface area contributed by atoms with E-state index in [4.69, 9.17) is 27.5 Å². The Kier molecular flexibility index (Phi) is 6.90. The molecular formula is C23H24ClN5O4S. The van der Waals surface area contributed by atoms with Crippen molar-refractivity contribution in [2.75, 3.05) is 10.6 Å². The van der Waals surface area contributed by atoms with Crippen LogP contribution in [0.25, 0.3) is 0 Å². The minimum absolute atomic E-state index is 0.00862. The minimum Gasteiger partial charge on any atom is -0.464 e. The first kappa shape index (κ1) is 23.8. The number of nitrogens with zero attached hydrogens (tertiary/aromatic N) is 2. The minimum atomic E-state index is -1.14. The summed E-state index contributed by atoms with van der Waals surface area (Å²) < 4.78 is 9.76. The maximum atomic E-state index is 13.9. The summed E-state index contributed by atoms with van der Waals surface area (Å²) in [6, 6.07) is 8.74. The molecule has 0 aliphatic heterocycles. The monoisotopic (exact) mass is 501 g/mol. The number of benzene rings is 1. The Bertz CT molecular complexity index is 1220. The topological polar surface area (TPSA) is 145 Å². The molecule has 0 spiro atoms. The highest BCUT2D eigenvalue weighted by molar-refractivity contribution is 7.09. The zero-order valence-corrected chi connectivity index (χ0v) is 20.0. The van der Waals surface area contributed by atoms with Crippen molar-refractivity contribution in [1.29, 1.82) is 0 Å². The Morgan fingerprint density at radius 2 is 1.85 bits per heavy atom. The second-order valence-corrected chi connectivity index (χ2v) is 9.34. The van der Waals surface area contributed by atoms with E-state index in [1.807, 2.05) is 0 Å². The number of carbonyl (C=O) groups is 3. The quantitative estimate of drug-likeness (QED) is 0.448. The number of amides is 3. The summed E-state index contributed by atoms with van der Waals surface area (Å²) in [4.78, 5) is 40.4. The first-order valence-electron chi connectivity index (χ1n) is 10.8. The van der Waals surface area contributed by atoms with Gasteiger partial charge in [0.05, 0.1) is 5.69 Å². The van der Waals surface area contributed by atoms with Crippen molar-refractivity contribution >= 4 is 52.2 Å². The predicted octanol–water partition coefficient (Wildman–Crippen LogP) is 3.83. The number of hydrogen-bond acceptors (Lipinski definition) is 7. The van der Waals surface area contributed by atoms with Crippen molar-refractivity contribution < 1.29 is 18.8 Å². The van der Waals surface area contributed by atoms with E-state index < -0.39 is 17.9 Å². The van der Waals surface area contributed by atoms with Crippen LogP contribution in [0.4, 0.5) is 11.4 Å². The molecule has 0 saturated heterocycles. The fourth-order valence-corrected chi connectivity index (χ4v) is 4.92. The number of carbonyl (C=O) groups excluding carboxylic acids is 3. The van der Waals surface area contributed by atoms with Gasteiger partial charge in [-0.1, -0.05) is 24.4 Å². The van der Waals surface area contributed by atoms with E-state index in [0.29, 0.717) is 16.5 Å². The lowest BCUT2D eigenvalue weighted by Crippen LogP contribution is -2.46. The van der Waals surface area contributed by atoms with Crippen molar-refractivity contribution in [3.05, 3.63) is 63.5 Å². The standard InChI is InChI=1S/C23H24ClN5O4S/c1-12-6-11-16(33-12)19(22(31)27-14-4-2-3-5-14)29(15-9-7-13(24)8-10-15)23(32)20-17(25)18(21(26)30)28-34-20/h6-11,14,19H,2-5,25H2,1H3,(H2,26,30)(H,27,31). The molecule has 9 nitrogen and oxygen atoms in total. The SMILES string of the molecule is Cc1ccc(C(C(=O)NC2CCCC2)N(C(=O)c2snc(C(N)=O)c2N)c2ccc(Cl)cc2)o1. The number of halogens is 1. The van der Waals surface area contributed by atoms with Gasteiger partial charge in [-0.3, -0.25) is 19.3 Å². The summed E-state index contributed by atoms with van der Waals surface area (Å²) in [5.74, 6) is -0.976. The highest BCUT2D eigenvalue weighted by atomic mass is 35.5. The molecule has 34 heavy (non-hydrogen) atoms. The number of aryl methyl sites for hydroxylation is 1. The molecule has 0 radical (unpaired) electrons. The number of aromatic nitrogens is 1. The van der Waals surface area contributed by atoms with Crippen molar-refractivity contribution in [2.45, 2.75) is 44.7 Å². The van der Waals surface area contributed by atoms with Gasteiger partial charge in [0, 0.05) is 16.8 Å². The summed E-state index contributed by atoms with van der Waals surface area (Å²) >= 11 is 6.82. The van der Waals surface area contributed by atoms with Crippen LogP contribution in [0.1, 0.15) is 63.4 Å². The average Bonchev–Trinajstić information content (AvgIpc) is 3.54. The number of hydrogen-bond donors (Lipinski definition) is 3. The Balaban J connectivity index is 1.82. The molecule has 1 aliphatic carbocycles. The van der Waals surface area contributed by atoms with Gasteiger partial charge in [0.1, 0.15) is 16.4 Å². The third-order valence-corrected chi connectivity index (χ3v) is 6.82. The molecule has 1 atom stereocenters. The van der Waals surface area contributed by atoms with Crippen molar-refractivity contribution in [3.63, 3.8) is 0 Å². The van der Waals surface area contributed by atoms with E-state index in [1.54, 1.807) is 43.3 Å². The summed E-state index contributed by atoms with van der Waals surface area (Å²) in [5.41, 5.74) is 11.5. The summed E-state index contributed by atoms with van der Waals surface area (Å²) in [5, 5.41) is 3.52. The molecule has 2 aromatic heterocycles. The van der Waals surface area contributed by atoms with Crippen LogP contribution < -0.4 is 21.7 Å². The molecule has 11 heteroatoms. The zero-order chi connectivity index (χ0) is 24.4. The van der Waals surface area contributed by atoms with Crippen LogP contribution in [0, 0.1) is 6.92 Å². The first-order chi connectivity index (χ1) is 16.3. The van der Waals surface area contributed by atoms with Gasteiger partial charge in [0.25, 0.3) is 17.7 Å². The number of furan rings is 1. The lowest BCUT2D eigenvalue weighted by Gasteiger charge is -2.30. The Hall–Kier alpha value is -3.37. The van der Waals surface area contributed by atoms with E-state index in [2.05, 4.69) is 9.69 Å². The largest absolute Gasteiger partial charge is 0.464 e. The highest BCUT2D eigenvalue weighted by Crippen LogP contribution is 2.34. The van der Waals surface area contributed by atoms with Gasteiger partial charge in [-0.25, -0.2) is 0 Å². The molecule has 178 valence electrons. The summed E-state index contributed by atoms with van der Waals surface area (Å²) in [6.45, 7) is 1.75. The fraction of sp³-hybridized carbons (Fsp3) is 0.304. The molecule has 1 unspecified atom stereocenters. The third-order valence-electron chi connectivity index (χ3n) is 5.72. The lowest BCUT2D eigenvalue weighted by molar-refractivity contribution is -0.123. The number of nitrogen functional groups attached to an aromatic ring is 1. The Morgan fingerprint density at radius 1 is 1.18 bits per heavy atom. The molecule has 1 fully saturated rings. The molecule has 5 N–H and O–H groups in total. The van der Waals surface area contributed by atoms with Crippen LogP contribution in [-0.2, 0) is 4.79 Å². The molecule has 3 amide bonds. The van der Waals surface area contributed by atoms with E-state index in [0.717, 1.165) is 37.2 Å².